The van der Waals surface area contributed by atoms with Gasteiger partial charge in [-0.2, -0.15) is 0 Å². The number of carbonyl (C=O) groups excluding carboxylic acids is 1. The molecule has 2 rings (SSSR count). The molecule has 6 nitrogen and oxygen atoms in total. The molecule has 0 spiro atoms. The van der Waals surface area contributed by atoms with Crippen molar-refractivity contribution in [2.75, 3.05) is 38.6 Å². The molecule has 0 radical (unpaired) electrons. The van der Waals surface area contributed by atoms with E-state index in [-0.39, 0.29) is 17.1 Å². The number of aromatic nitrogens is 1. The van der Waals surface area contributed by atoms with Crippen molar-refractivity contribution < 1.29 is 9.53 Å². The molecule has 110 valence electrons. The van der Waals surface area contributed by atoms with Gasteiger partial charge in [0.1, 0.15) is 5.15 Å². The van der Waals surface area contributed by atoms with Gasteiger partial charge in [0.2, 0.25) is 0 Å². The average Bonchev–Trinajstić information content (AvgIpc) is 2.42. The molecular weight excluding hydrogens is 280 g/mol. The number of nitrogens with one attached hydrogen (secondary N) is 1. The standard InChI is InChI=1S/C13H19ClN4O2/c1-9(8-18-2-4-20-5-3-18)17-13(19)11-6-10(15)7-16-12(11)14/h6-7,9H,2-5,8,15H2,1H3,(H,17,19). The third-order valence-corrected chi connectivity index (χ3v) is 3.42. The minimum absolute atomic E-state index is 0.0121. The Morgan fingerprint density at radius 1 is 1.60 bits per heavy atom. The van der Waals surface area contributed by atoms with E-state index in [0.29, 0.717) is 11.3 Å². The molecule has 1 atom stereocenters. The Hall–Kier alpha value is -1.37. The zero-order valence-electron chi connectivity index (χ0n) is 11.4. The Morgan fingerprint density at radius 2 is 2.30 bits per heavy atom. The van der Waals surface area contributed by atoms with Crippen molar-refractivity contribution in [3.8, 4) is 0 Å². The number of carbonyl (C=O) groups is 1. The zero-order valence-corrected chi connectivity index (χ0v) is 12.2. The van der Waals surface area contributed by atoms with Crippen LogP contribution in [-0.4, -0.2) is 54.7 Å². The fourth-order valence-electron chi connectivity index (χ4n) is 2.14. The van der Waals surface area contributed by atoms with E-state index in [9.17, 15) is 4.79 Å². The number of nitrogen functional groups attached to an aromatic ring is 1. The van der Waals surface area contributed by atoms with Crippen molar-refractivity contribution in [3.05, 3.63) is 23.0 Å². The number of morpholine rings is 1. The third kappa shape index (κ3) is 4.06. The van der Waals surface area contributed by atoms with Crippen molar-refractivity contribution in [1.82, 2.24) is 15.2 Å². The van der Waals surface area contributed by atoms with Crippen LogP contribution < -0.4 is 11.1 Å². The van der Waals surface area contributed by atoms with E-state index in [4.69, 9.17) is 22.1 Å². The third-order valence-electron chi connectivity index (χ3n) is 3.12. The van der Waals surface area contributed by atoms with E-state index in [0.717, 1.165) is 32.8 Å². The molecule has 1 saturated heterocycles. The van der Waals surface area contributed by atoms with Crippen LogP contribution in [0, 0.1) is 0 Å². The summed E-state index contributed by atoms with van der Waals surface area (Å²) in [6, 6.07) is 1.55. The first-order chi connectivity index (χ1) is 9.56. The van der Waals surface area contributed by atoms with Gasteiger partial charge in [-0.3, -0.25) is 9.69 Å². The highest BCUT2D eigenvalue weighted by atomic mass is 35.5. The Bertz CT molecular complexity index is 477. The summed E-state index contributed by atoms with van der Waals surface area (Å²) in [7, 11) is 0. The van der Waals surface area contributed by atoms with E-state index in [1.807, 2.05) is 6.92 Å². The van der Waals surface area contributed by atoms with E-state index in [2.05, 4.69) is 15.2 Å². The lowest BCUT2D eigenvalue weighted by Crippen LogP contribution is -2.46. The number of anilines is 1. The maximum absolute atomic E-state index is 12.1. The Labute approximate surface area is 123 Å². The van der Waals surface area contributed by atoms with Gasteiger partial charge in [-0.05, 0) is 13.0 Å². The number of ether oxygens (including phenoxy) is 1. The maximum Gasteiger partial charge on any atom is 0.254 e. The van der Waals surface area contributed by atoms with Crippen LogP contribution in [0.1, 0.15) is 17.3 Å². The Balaban J connectivity index is 1.91. The first kappa shape index (κ1) is 15.0. The summed E-state index contributed by atoms with van der Waals surface area (Å²) in [5, 5.41) is 3.07. The maximum atomic E-state index is 12.1. The largest absolute Gasteiger partial charge is 0.397 e. The molecule has 7 heteroatoms. The summed E-state index contributed by atoms with van der Waals surface area (Å²) in [6.45, 7) is 6.00. The summed E-state index contributed by atoms with van der Waals surface area (Å²) in [5.41, 5.74) is 6.35. The van der Waals surface area contributed by atoms with Gasteiger partial charge in [-0.15, -0.1) is 0 Å². The molecule has 1 fully saturated rings. The topological polar surface area (TPSA) is 80.5 Å². The zero-order chi connectivity index (χ0) is 14.5. The van der Waals surface area contributed by atoms with Crippen LogP contribution in [0.5, 0.6) is 0 Å². The van der Waals surface area contributed by atoms with Gasteiger partial charge < -0.3 is 15.8 Å². The quantitative estimate of drug-likeness (QED) is 0.803. The van der Waals surface area contributed by atoms with Crippen molar-refractivity contribution in [2.24, 2.45) is 0 Å². The number of hydrogen-bond donors (Lipinski definition) is 2. The molecule has 1 unspecified atom stereocenters. The average molecular weight is 299 g/mol. The summed E-state index contributed by atoms with van der Waals surface area (Å²) in [4.78, 5) is 18.3. The number of amides is 1. The predicted molar refractivity (Wildman–Crippen MR) is 77.8 cm³/mol. The molecule has 1 aromatic heterocycles. The second kappa shape index (κ2) is 6.88. The monoisotopic (exact) mass is 298 g/mol. The highest BCUT2D eigenvalue weighted by Crippen LogP contribution is 2.15. The molecular formula is C13H19ClN4O2. The van der Waals surface area contributed by atoms with E-state index < -0.39 is 0 Å². The van der Waals surface area contributed by atoms with Crippen LogP contribution in [0.2, 0.25) is 5.15 Å². The Morgan fingerprint density at radius 3 is 3.00 bits per heavy atom. The first-order valence-corrected chi connectivity index (χ1v) is 6.96. The normalized spacial score (nSPS) is 17.7. The van der Waals surface area contributed by atoms with Gasteiger partial charge in [0.15, 0.2) is 0 Å². The van der Waals surface area contributed by atoms with Crippen LogP contribution in [0.15, 0.2) is 12.3 Å². The fraction of sp³-hybridized carbons (Fsp3) is 0.538. The van der Waals surface area contributed by atoms with Crippen molar-refractivity contribution in [3.63, 3.8) is 0 Å². The number of rotatable bonds is 4. The molecule has 0 saturated carbocycles. The molecule has 0 bridgehead atoms. The van der Waals surface area contributed by atoms with E-state index in [1.54, 1.807) is 0 Å². The Kier molecular flexibility index (Phi) is 5.17. The molecule has 1 amide bonds. The molecule has 0 aromatic carbocycles. The van der Waals surface area contributed by atoms with E-state index in [1.165, 1.54) is 12.3 Å². The number of pyridine rings is 1. The minimum atomic E-state index is -0.254. The lowest BCUT2D eigenvalue weighted by atomic mass is 10.2. The van der Waals surface area contributed by atoms with Gasteiger partial charge >= 0.3 is 0 Å². The van der Waals surface area contributed by atoms with E-state index >= 15 is 0 Å². The van der Waals surface area contributed by atoms with Crippen LogP contribution in [0.3, 0.4) is 0 Å². The second-order valence-corrected chi connectivity index (χ2v) is 5.25. The van der Waals surface area contributed by atoms with Gasteiger partial charge in [-0.1, -0.05) is 11.6 Å². The molecule has 1 aromatic rings. The molecule has 3 N–H and O–H groups in total. The lowest BCUT2D eigenvalue weighted by Gasteiger charge is -2.29. The van der Waals surface area contributed by atoms with Crippen molar-refractivity contribution >= 4 is 23.2 Å². The summed E-state index contributed by atoms with van der Waals surface area (Å²) in [6.07, 6.45) is 1.43. The van der Waals surface area contributed by atoms with Crippen molar-refractivity contribution in [1.29, 1.82) is 0 Å². The fourth-order valence-corrected chi connectivity index (χ4v) is 2.33. The van der Waals surface area contributed by atoms with Crippen LogP contribution in [-0.2, 0) is 4.74 Å². The van der Waals surface area contributed by atoms with Gasteiger partial charge in [0.05, 0.1) is 30.7 Å². The second-order valence-electron chi connectivity index (χ2n) is 4.89. The highest BCUT2D eigenvalue weighted by Gasteiger charge is 2.17. The van der Waals surface area contributed by atoms with Crippen LogP contribution in [0.25, 0.3) is 0 Å². The molecule has 1 aliphatic heterocycles. The molecule has 2 heterocycles. The molecule has 20 heavy (non-hydrogen) atoms. The van der Waals surface area contributed by atoms with Crippen LogP contribution in [0.4, 0.5) is 5.69 Å². The number of nitrogens with zero attached hydrogens (tertiary/aromatic N) is 2. The van der Waals surface area contributed by atoms with Gasteiger partial charge in [0.25, 0.3) is 5.91 Å². The first-order valence-electron chi connectivity index (χ1n) is 6.58. The predicted octanol–water partition coefficient (Wildman–Crippen LogP) is 0.768. The summed E-state index contributed by atoms with van der Waals surface area (Å²) >= 11 is 5.91. The summed E-state index contributed by atoms with van der Waals surface area (Å²) in [5.74, 6) is -0.254. The smallest absolute Gasteiger partial charge is 0.254 e. The summed E-state index contributed by atoms with van der Waals surface area (Å²) < 4.78 is 5.29. The van der Waals surface area contributed by atoms with Crippen molar-refractivity contribution in [2.45, 2.75) is 13.0 Å². The van der Waals surface area contributed by atoms with Gasteiger partial charge in [-0.25, -0.2) is 4.98 Å². The SMILES string of the molecule is CC(CN1CCOCC1)NC(=O)c1cc(N)cnc1Cl. The number of halogens is 1. The highest BCUT2D eigenvalue weighted by molar-refractivity contribution is 6.32. The lowest BCUT2D eigenvalue weighted by molar-refractivity contribution is 0.0342. The number of hydrogen-bond acceptors (Lipinski definition) is 5. The number of nitrogens with two attached hydrogens (primary N) is 1. The molecule has 1 aliphatic rings. The van der Waals surface area contributed by atoms with Gasteiger partial charge in [0, 0.05) is 25.7 Å². The molecule has 0 aliphatic carbocycles. The minimum Gasteiger partial charge on any atom is -0.397 e. The van der Waals surface area contributed by atoms with Crippen LogP contribution >= 0.6 is 11.6 Å².